The highest BCUT2D eigenvalue weighted by Gasteiger charge is 2.20. The average molecular weight is 313 g/mol. The Hall–Kier alpha value is -2.21. The summed E-state index contributed by atoms with van der Waals surface area (Å²) in [7, 11) is 1.65. The summed E-state index contributed by atoms with van der Waals surface area (Å²) in [4.78, 5) is 15.1. The Kier molecular flexibility index (Phi) is 5.02. The number of aromatic nitrogens is 3. The topological polar surface area (TPSA) is 63.2 Å². The highest BCUT2D eigenvalue weighted by atomic mass is 16.5. The standard InChI is InChI=1S/C17H23N5O/c1-13-8-16(20-12-19-13)21-15-4-3-7-22(11-15)10-14-5-6-18-17(9-14)23-2/h5-6,8-9,12,15H,3-4,7,10-11H2,1-2H3,(H,19,20,21). The number of ether oxygens (including phenoxy) is 1. The van der Waals surface area contributed by atoms with Gasteiger partial charge in [-0.3, -0.25) is 4.90 Å². The van der Waals surface area contributed by atoms with Crippen molar-refractivity contribution in [3.05, 3.63) is 42.0 Å². The number of aryl methyl sites for hydroxylation is 1. The summed E-state index contributed by atoms with van der Waals surface area (Å²) in [6, 6.07) is 6.46. The van der Waals surface area contributed by atoms with E-state index in [-0.39, 0.29) is 0 Å². The van der Waals surface area contributed by atoms with E-state index in [1.807, 2.05) is 25.1 Å². The largest absolute Gasteiger partial charge is 0.481 e. The van der Waals surface area contributed by atoms with Crippen molar-refractivity contribution < 1.29 is 4.74 Å². The summed E-state index contributed by atoms with van der Waals surface area (Å²) in [6.07, 6.45) is 5.77. The number of nitrogens with zero attached hydrogens (tertiary/aromatic N) is 4. The number of hydrogen-bond donors (Lipinski definition) is 1. The van der Waals surface area contributed by atoms with Gasteiger partial charge < -0.3 is 10.1 Å². The van der Waals surface area contributed by atoms with Crippen LogP contribution in [0.4, 0.5) is 5.82 Å². The fourth-order valence-electron chi connectivity index (χ4n) is 2.98. The molecule has 3 heterocycles. The molecule has 0 saturated carbocycles. The first kappa shape index (κ1) is 15.7. The number of nitrogens with one attached hydrogen (secondary N) is 1. The fourth-order valence-corrected chi connectivity index (χ4v) is 2.98. The van der Waals surface area contributed by atoms with Crippen LogP contribution in [0.1, 0.15) is 24.1 Å². The Bertz CT molecular complexity index is 648. The van der Waals surface area contributed by atoms with Crippen molar-refractivity contribution >= 4 is 5.82 Å². The lowest BCUT2D eigenvalue weighted by Crippen LogP contribution is -2.41. The molecule has 1 aliphatic heterocycles. The van der Waals surface area contributed by atoms with E-state index in [0.717, 1.165) is 31.1 Å². The van der Waals surface area contributed by atoms with E-state index in [1.165, 1.54) is 18.4 Å². The molecule has 1 aliphatic rings. The van der Waals surface area contributed by atoms with Crippen molar-refractivity contribution in [3.63, 3.8) is 0 Å². The summed E-state index contributed by atoms with van der Waals surface area (Å²) in [5.41, 5.74) is 2.22. The van der Waals surface area contributed by atoms with Crippen molar-refractivity contribution in [2.75, 3.05) is 25.5 Å². The van der Waals surface area contributed by atoms with E-state index in [4.69, 9.17) is 4.74 Å². The highest BCUT2D eigenvalue weighted by molar-refractivity contribution is 5.35. The Morgan fingerprint density at radius 3 is 3.04 bits per heavy atom. The quantitative estimate of drug-likeness (QED) is 0.913. The molecule has 0 spiro atoms. The molecule has 6 nitrogen and oxygen atoms in total. The van der Waals surface area contributed by atoms with Gasteiger partial charge in [0, 0.05) is 43.2 Å². The fraction of sp³-hybridized carbons (Fsp3) is 0.471. The van der Waals surface area contributed by atoms with Crippen LogP contribution >= 0.6 is 0 Å². The van der Waals surface area contributed by atoms with Crippen LogP contribution in [0, 0.1) is 6.92 Å². The van der Waals surface area contributed by atoms with Gasteiger partial charge in [0.25, 0.3) is 0 Å². The van der Waals surface area contributed by atoms with E-state index < -0.39 is 0 Å². The molecule has 0 amide bonds. The zero-order valence-corrected chi connectivity index (χ0v) is 13.7. The first-order valence-electron chi connectivity index (χ1n) is 7.99. The third kappa shape index (κ3) is 4.39. The van der Waals surface area contributed by atoms with Crippen molar-refractivity contribution in [2.45, 2.75) is 32.4 Å². The first-order valence-corrected chi connectivity index (χ1v) is 7.99. The second-order valence-electron chi connectivity index (χ2n) is 5.97. The molecule has 1 fully saturated rings. The molecule has 1 unspecified atom stereocenters. The minimum Gasteiger partial charge on any atom is -0.481 e. The molecule has 0 aromatic carbocycles. The van der Waals surface area contributed by atoms with E-state index in [9.17, 15) is 0 Å². The molecule has 1 atom stereocenters. The van der Waals surface area contributed by atoms with Crippen LogP contribution in [0.25, 0.3) is 0 Å². The van der Waals surface area contributed by atoms with Crippen LogP contribution in [-0.2, 0) is 6.54 Å². The van der Waals surface area contributed by atoms with Crippen LogP contribution in [-0.4, -0.2) is 46.1 Å². The van der Waals surface area contributed by atoms with Crippen molar-refractivity contribution in [2.24, 2.45) is 0 Å². The summed E-state index contributed by atoms with van der Waals surface area (Å²) in [6.45, 7) is 5.02. The molecule has 1 N–H and O–H groups in total. The maximum absolute atomic E-state index is 5.20. The molecule has 0 aliphatic carbocycles. The van der Waals surface area contributed by atoms with Gasteiger partial charge in [-0.1, -0.05) is 0 Å². The molecule has 23 heavy (non-hydrogen) atoms. The third-order valence-electron chi connectivity index (χ3n) is 4.08. The minimum atomic E-state index is 0.418. The van der Waals surface area contributed by atoms with Crippen LogP contribution < -0.4 is 10.1 Å². The molecule has 0 radical (unpaired) electrons. The van der Waals surface area contributed by atoms with Crippen LogP contribution in [0.15, 0.2) is 30.7 Å². The second kappa shape index (κ2) is 7.37. The Labute approximate surface area is 136 Å². The van der Waals surface area contributed by atoms with Gasteiger partial charge in [0.15, 0.2) is 0 Å². The predicted octanol–water partition coefficient (Wildman–Crippen LogP) is 2.27. The zero-order chi connectivity index (χ0) is 16.1. The Morgan fingerprint density at radius 2 is 2.22 bits per heavy atom. The molecule has 122 valence electrons. The number of likely N-dealkylation sites (tertiary alicyclic amines) is 1. The molecular weight excluding hydrogens is 290 g/mol. The van der Waals surface area contributed by atoms with Gasteiger partial charge in [0.05, 0.1) is 7.11 Å². The van der Waals surface area contributed by atoms with Gasteiger partial charge in [-0.05, 0) is 37.9 Å². The van der Waals surface area contributed by atoms with Crippen molar-refractivity contribution in [3.8, 4) is 5.88 Å². The molecule has 2 aromatic heterocycles. The summed E-state index contributed by atoms with van der Waals surface area (Å²) in [5, 5.41) is 3.53. The lowest BCUT2D eigenvalue weighted by molar-refractivity contribution is 0.208. The molecule has 2 aromatic rings. The molecule has 0 bridgehead atoms. The Balaban J connectivity index is 1.59. The van der Waals surface area contributed by atoms with Gasteiger partial charge in [-0.15, -0.1) is 0 Å². The molecule has 3 rings (SSSR count). The average Bonchev–Trinajstić information content (AvgIpc) is 2.55. The van der Waals surface area contributed by atoms with Crippen molar-refractivity contribution in [1.29, 1.82) is 0 Å². The van der Waals surface area contributed by atoms with Gasteiger partial charge >= 0.3 is 0 Å². The lowest BCUT2D eigenvalue weighted by Gasteiger charge is -2.33. The van der Waals surface area contributed by atoms with E-state index in [0.29, 0.717) is 11.9 Å². The number of methoxy groups -OCH3 is 1. The third-order valence-corrected chi connectivity index (χ3v) is 4.08. The summed E-state index contributed by atoms with van der Waals surface area (Å²) >= 11 is 0. The van der Waals surface area contributed by atoms with E-state index in [1.54, 1.807) is 19.6 Å². The smallest absolute Gasteiger partial charge is 0.213 e. The predicted molar refractivity (Wildman–Crippen MR) is 89.5 cm³/mol. The minimum absolute atomic E-state index is 0.418. The van der Waals surface area contributed by atoms with Crippen molar-refractivity contribution in [1.82, 2.24) is 19.9 Å². The number of pyridine rings is 1. The molecule has 6 heteroatoms. The SMILES string of the molecule is COc1cc(CN2CCCC(Nc3cc(C)ncn3)C2)ccn1. The number of hydrogen-bond acceptors (Lipinski definition) is 6. The van der Waals surface area contributed by atoms with Gasteiger partial charge in [0.1, 0.15) is 12.1 Å². The van der Waals surface area contributed by atoms with Gasteiger partial charge in [0.2, 0.25) is 5.88 Å². The summed E-state index contributed by atoms with van der Waals surface area (Å²) in [5.74, 6) is 1.58. The van der Waals surface area contributed by atoms with Crippen LogP contribution in [0.5, 0.6) is 5.88 Å². The number of rotatable bonds is 5. The maximum atomic E-state index is 5.20. The monoisotopic (exact) mass is 313 g/mol. The molecular formula is C17H23N5O. The number of piperidine rings is 1. The van der Waals surface area contributed by atoms with E-state index >= 15 is 0 Å². The lowest BCUT2D eigenvalue weighted by atomic mass is 10.0. The first-order chi connectivity index (χ1) is 11.2. The Morgan fingerprint density at radius 1 is 1.30 bits per heavy atom. The molecule has 1 saturated heterocycles. The maximum Gasteiger partial charge on any atom is 0.213 e. The van der Waals surface area contributed by atoms with Gasteiger partial charge in [-0.25, -0.2) is 15.0 Å². The van der Waals surface area contributed by atoms with E-state index in [2.05, 4.69) is 25.2 Å². The van der Waals surface area contributed by atoms with Crippen LogP contribution in [0.2, 0.25) is 0 Å². The zero-order valence-electron chi connectivity index (χ0n) is 13.7. The number of anilines is 1. The second-order valence-corrected chi connectivity index (χ2v) is 5.97. The highest BCUT2D eigenvalue weighted by Crippen LogP contribution is 2.18. The normalized spacial score (nSPS) is 18.6. The van der Waals surface area contributed by atoms with Crippen LogP contribution in [0.3, 0.4) is 0 Å². The summed E-state index contributed by atoms with van der Waals surface area (Å²) < 4.78 is 5.20. The van der Waals surface area contributed by atoms with Gasteiger partial charge in [-0.2, -0.15) is 0 Å².